The molecule has 0 bridgehead atoms. The van der Waals surface area contributed by atoms with Crippen LogP contribution in [-0.4, -0.2) is 36.3 Å². The first-order valence-electron chi connectivity index (χ1n) is 9.02. The smallest absolute Gasteiger partial charge is 0.408 e. The molecule has 0 saturated heterocycles. The minimum atomic E-state index is -1.32. The van der Waals surface area contributed by atoms with E-state index in [1.807, 2.05) is 6.92 Å². The Labute approximate surface area is 160 Å². The van der Waals surface area contributed by atoms with Crippen molar-refractivity contribution in [2.45, 2.75) is 65.2 Å². The van der Waals surface area contributed by atoms with Gasteiger partial charge in [-0.2, -0.15) is 0 Å². The first-order valence-corrected chi connectivity index (χ1v) is 9.02. The molecule has 0 heterocycles. The predicted molar refractivity (Wildman–Crippen MR) is 100.0 cm³/mol. The summed E-state index contributed by atoms with van der Waals surface area (Å²) in [5.41, 5.74) is -0.133. The summed E-state index contributed by atoms with van der Waals surface area (Å²) in [5, 5.41) is 2.63. The number of ether oxygens (including phenoxy) is 3. The molecule has 1 rings (SSSR count). The fourth-order valence-corrected chi connectivity index (χ4v) is 2.26. The number of unbranched alkanes of at least 4 members (excludes halogenated alkanes) is 1. The molecule has 1 aromatic rings. The highest BCUT2D eigenvalue weighted by Crippen LogP contribution is 2.22. The van der Waals surface area contributed by atoms with Crippen molar-refractivity contribution in [3.05, 3.63) is 35.9 Å². The molecule has 1 amide bonds. The summed E-state index contributed by atoms with van der Waals surface area (Å²) in [5.74, 6) is -1.37. The molecular formula is C20H29NO6. The molecule has 1 aromatic carbocycles. The lowest BCUT2D eigenvalue weighted by molar-refractivity contribution is -0.169. The lowest BCUT2D eigenvalue weighted by atomic mass is 10.0. The van der Waals surface area contributed by atoms with E-state index in [4.69, 9.17) is 14.2 Å². The van der Waals surface area contributed by atoms with E-state index in [0.29, 0.717) is 12.0 Å². The summed E-state index contributed by atoms with van der Waals surface area (Å²) in [6.45, 7) is 8.56. The normalized spacial score (nSPS) is 13.2. The van der Waals surface area contributed by atoms with Gasteiger partial charge in [0.1, 0.15) is 11.6 Å². The van der Waals surface area contributed by atoms with Crippen LogP contribution in [0.15, 0.2) is 30.3 Å². The number of benzene rings is 1. The van der Waals surface area contributed by atoms with E-state index < -0.39 is 35.8 Å². The Morgan fingerprint density at radius 1 is 1.11 bits per heavy atom. The largest absolute Gasteiger partial charge is 0.463 e. The number of amides is 1. The van der Waals surface area contributed by atoms with Gasteiger partial charge in [-0.05, 0) is 32.8 Å². The molecule has 0 spiro atoms. The molecule has 7 heteroatoms. The topological polar surface area (TPSA) is 90.9 Å². The Kier molecular flexibility index (Phi) is 8.78. The highest BCUT2D eigenvalue weighted by molar-refractivity contribution is 5.81. The maximum atomic E-state index is 12.5. The lowest BCUT2D eigenvalue weighted by Crippen LogP contribution is -2.45. The molecule has 0 saturated carbocycles. The van der Waals surface area contributed by atoms with Gasteiger partial charge < -0.3 is 19.5 Å². The molecule has 27 heavy (non-hydrogen) atoms. The van der Waals surface area contributed by atoms with Gasteiger partial charge in [0.05, 0.1) is 6.61 Å². The molecule has 0 unspecified atom stereocenters. The van der Waals surface area contributed by atoms with Crippen LogP contribution in [0.1, 0.15) is 59.1 Å². The predicted octanol–water partition coefficient (Wildman–Crippen LogP) is 3.53. The van der Waals surface area contributed by atoms with E-state index >= 15 is 0 Å². The Morgan fingerprint density at radius 2 is 1.74 bits per heavy atom. The first-order chi connectivity index (χ1) is 12.6. The summed E-state index contributed by atoms with van der Waals surface area (Å²) in [6.07, 6.45) is -0.512. The van der Waals surface area contributed by atoms with E-state index in [0.717, 1.165) is 6.42 Å². The number of esters is 2. The minimum absolute atomic E-state index is 0.209. The average molecular weight is 379 g/mol. The number of carbonyl (C=O) groups excluding carboxylic acids is 3. The molecule has 0 aliphatic carbocycles. The van der Waals surface area contributed by atoms with Gasteiger partial charge in [-0.25, -0.2) is 9.59 Å². The second-order valence-corrected chi connectivity index (χ2v) is 7.09. The van der Waals surface area contributed by atoms with Crippen molar-refractivity contribution in [3.63, 3.8) is 0 Å². The van der Waals surface area contributed by atoms with Gasteiger partial charge in [0, 0.05) is 6.92 Å². The third kappa shape index (κ3) is 8.57. The van der Waals surface area contributed by atoms with Crippen molar-refractivity contribution in [2.24, 2.45) is 0 Å². The van der Waals surface area contributed by atoms with Crippen LogP contribution in [0.3, 0.4) is 0 Å². The fourth-order valence-electron chi connectivity index (χ4n) is 2.26. The van der Waals surface area contributed by atoms with E-state index in [2.05, 4.69) is 5.32 Å². The highest BCUT2D eigenvalue weighted by Gasteiger charge is 2.36. The zero-order valence-corrected chi connectivity index (χ0v) is 16.6. The van der Waals surface area contributed by atoms with Gasteiger partial charge in [0.15, 0.2) is 0 Å². The molecule has 7 nitrogen and oxygen atoms in total. The van der Waals surface area contributed by atoms with Gasteiger partial charge >= 0.3 is 18.0 Å². The Hall–Kier alpha value is -2.57. The Morgan fingerprint density at radius 3 is 2.26 bits per heavy atom. The Bertz CT molecular complexity index is 623. The number of hydrogen-bond acceptors (Lipinski definition) is 6. The summed E-state index contributed by atoms with van der Waals surface area (Å²) in [7, 11) is 0. The number of carbonyl (C=O) groups is 3. The third-order valence-electron chi connectivity index (χ3n) is 3.40. The van der Waals surface area contributed by atoms with Gasteiger partial charge in [0.25, 0.3) is 0 Å². The summed E-state index contributed by atoms with van der Waals surface area (Å²) < 4.78 is 15.7. The lowest BCUT2D eigenvalue weighted by Gasteiger charge is -2.28. The molecule has 150 valence electrons. The average Bonchev–Trinajstić information content (AvgIpc) is 2.57. The summed E-state index contributed by atoms with van der Waals surface area (Å²) in [4.78, 5) is 36.4. The van der Waals surface area contributed by atoms with E-state index in [1.54, 1.807) is 51.1 Å². The SMILES string of the molecule is CCCCOC(=O)[C@H](OC(C)=O)[C@@H](NC(=O)OC(C)(C)C)c1ccccc1. The summed E-state index contributed by atoms with van der Waals surface area (Å²) in [6, 6.07) is 7.81. The number of rotatable bonds is 8. The van der Waals surface area contributed by atoms with Crippen LogP contribution in [0.4, 0.5) is 4.79 Å². The van der Waals surface area contributed by atoms with Crippen molar-refractivity contribution >= 4 is 18.0 Å². The van der Waals surface area contributed by atoms with Crippen LogP contribution < -0.4 is 5.32 Å². The van der Waals surface area contributed by atoms with Gasteiger partial charge in [0.2, 0.25) is 6.10 Å². The van der Waals surface area contributed by atoms with Gasteiger partial charge in [-0.3, -0.25) is 4.79 Å². The third-order valence-corrected chi connectivity index (χ3v) is 3.40. The fraction of sp³-hybridized carbons (Fsp3) is 0.550. The molecular weight excluding hydrogens is 350 g/mol. The van der Waals surface area contributed by atoms with Crippen LogP contribution >= 0.6 is 0 Å². The van der Waals surface area contributed by atoms with E-state index in [-0.39, 0.29) is 6.61 Å². The zero-order chi connectivity index (χ0) is 20.4. The molecule has 0 fully saturated rings. The standard InChI is InChI=1S/C20H29NO6/c1-6-7-13-25-18(23)17(26-14(2)22)16(15-11-9-8-10-12-15)21-19(24)27-20(3,4)5/h8-12,16-17H,6-7,13H2,1-5H3,(H,21,24)/t16-,17+/m0/s1. The molecule has 2 atom stereocenters. The van der Waals surface area contributed by atoms with Crippen molar-refractivity contribution in [1.29, 1.82) is 0 Å². The van der Waals surface area contributed by atoms with E-state index in [9.17, 15) is 14.4 Å². The number of hydrogen-bond donors (Lipinski definition) is 1. The van der Waals surface area contributed by atoms with Crippen molar-refractivity contribution in [1.82, 2.24) is 5.32 Å². The van der Waals surface area contributed by atoms with Crippen molar-refractivity contribution < 1.29 is 28.6 Å². The number of nitrogens with one attached hydrogen (secondary N) is 1. The molecule has 0 aliphatic heterocycles. The highest BCUT2D eigenvalue weighted by atomic mass is 16.6. The molecule has 0 radical (unpaired) electrons. The van der Waals surface area contributed by atoms with E-state index in [1.165, 1.54) is 6.92 Å². The maximum absolute atomic E-state index is 12.5. The quantitative estimate of drug-likeness (QED) is 0.422. The maximum Gasteiger partial charge on any atom is 0.408 e. The van der Waals surface area contributed by atoms with Gasteiger partial charge in [-0.1, -0.05) is 43.7 Å². The molecule has 0 aromatic heterocycles. The monoisotopic (exact) mass is 379 g/mol. The van der Waals surface area contributed by atoms with Crippen molar-refractivity contribution in [2.75, 3.05) is 6.61 Å². The molecule has 0 aliphatic rings. The minimum Gasteiger partial charge on any atom is -0.463 e. The number of alkyl carbamates (subject to hydrolysis) is 1. The van der Waals surface area contributed by atoms with Crippen molar-refractivity contribution in [3.8, 4) is 0 Å². The second kappa shape index (κ2) is 10.5. The second-order valence-electron chi connectivity index (χ2n) is 7.09. The van der Waals surface area contributed by atoms with Crippen LogP contribution in [0.2, 0.25) is 0 Å². The Balaban J connectivity index is 3.11. The van der Waals surface area contributed by atoms with Crippen LogP contribution in [0, 0.1) is 0 Å². The van der Waals surface area contributed by atoms with Crippen LogP contribution in [0.5, 0.6) is 0 Å². The van der Waals surface area contributed by atoms with Crippen LogP contribution in [0.25, 0.3) is 0 Å². The molecule has 1 N–H and O–H groups in total. The summed E-state index contributed by atoms with van der Waals surface area (Å²) >= 11 is 0. The van der Waals surface area contributed by atoms with Gasteiger partial charge in [-0.15, -0.1) is 0 Å². The first kappa shape index (κ1) is 22.5. The zero-order valence-electron chi connectivity index (χ0n) is 16.6. The van der Waals surface area contributed by atoms with Crippen LogP contribution in [-0.2, 0) is 23.8 Å².